The van der Waals surface area contributed by atoms with Crippen molar-refractivity contribution in [2.24, 2.45) is 0 Å². The molecule has 2 heterocycles. The summed E-state index contributed by atoms with van der Waals surface area (Å²) in [5, 5.41) is 5.35. The molecule has 0 bridgehead atoms. The zero-order chi connectivity index (χ0) is 14.8. The molecule has 0 atom stereocenters. The van der Waals surface area contributed by atoms with Crippen LogP contribution in [0.25, 0.3) is 10.1 Å². The molecule has 0 aliphatic carbocycles. The number of thiophene rings is 1. The highest BCUT2D eigenvalue weighted by Crippen LogP contribution is 2.35. The Kier molecular flexibility index (Phi) is 3.99. The Bertz CT molecular complexity index is 750. The monoisotopic (exact) mass is 317 g/mol. The van der Waals surface area contributed by atoms with E-state index in [1.807, 2.05) is 49.5 Å². The van der Waals surface area contributed by atoms with Gasteiger partial charge in [-0.1, -0.05) is 29.8 Å². The minimum Gasteiger partial charge on any atom is -0.379 e. The molecule has 3 aromatic rings. The molecule has 3 rings (SSSR count). The molecular formula is C16H16ClN3S. The van der Waals surface area contributed by atoms with Crippen LogP contribution < -0.4 is 10.2 Å². The van der Waals surface area contributed by atoms with E-state index in [-0.39, 0.29) is 0 Å². The summed E-state index contributed by atoms with van der Waals surface area (Å²) < 4.78 is 1.22. The number of nitrogens with one attached hydrogen (secondary N) is 1. The maximum absolute atomic E-state index is 6.44. The maximum Gasteiger partial charge on any atom is 0.128 e. The van der Waals surface area contributed by atoms with Crippen LogP contribution >= 0.6 is 22.9 Å². The molecule has 3 nitrogen and oxygen atoms in total. The van der Waals surface area contributed by atoms with E-state index in [1.165, 1.54) is 4.70 Å². The molecule has 5 heteroatoms. The van der Waals surface area contributed by atoms with Gasteiger partial charge >= 0.3 is 0 Å². The highest BCUT2D eigenvalue weighted by atomic mass is 35.5. The zero-order valence-electron chi connectivity index (χ0n) is 11.9. The molecule has 0 amide bonds. The van der Waals surface area contributed by atoms with Crippen molar-refractivity contribution in [2.75, 3.05) is 24.3 Å². The average molecular weight is 318 g/mol. The second-order valence-corrected chi connectivity index (χ2v) is 6.50. The summed E-state index contributed by atoms with van der Waals surface area (Å²) in [4.78, 5) is 7.52. The standard InChI is InChI=1S/C16H16ClN3S/c1-20(2)15-8-7-11(9-19-15)18-10-14-16(17)12-5-3-4-6-13(12)21-14/h3-9,18H,10H2,1-2H3. The number of hydrogen-bond donors (Lipinski definition) is 1. The van der Waals surface area contributed by atoms with Crippen molar-refractivity contribution in [3.05, 3.63) is 52.5 Å². The average Bonchev–Trinajstić information content (AvgIpc) is 2.82. The molecule has 0 saturated heterocycles. The second-order valence-electron chi connectivity index (χ2n) is 4.99. The van der Waals surface area contributed by atoms with E-state index in [0.717, 1.165) is 26.8 Å². The van der Waals surface area contributed by atoms with Crippen LogP contribution in [0.1, 0.15) is 4.88 Å². The highest BCUT2D eigenvalue weighted by Gasteiger charge is 2.09. The number of hydrogen-bond acceptors (Lipinski definition) is 4. The van der Waals surface area contributed by atoms with Gasteiger partial charge in [0.25, 0.3) is 0 Å². The molecule has 0 unspecified atom stereocenters. The first kappa shape index (κ1) is 14.2. The van der Waals surface area contributed by atoms with E-state index in [4.69, 9.17) is 11.6 Å². The summed E-state index contributed by atoms with van der Waals surface area (Å²) in [5.74, 6) is 0.945. The first-order chi connectivity index (χ1) is 10.1. The van der Waals surface area contributed by atoms with Crippen LogP contribution in [-0.4, -0.2) is 19.1 Å². The number of halogens is 1. The molecular weight excluding hydrogens is 302 g/mol. The molecule has 2 aromatic heterocycles. The Morgan fingerprint density at radius 1 is 1.19 bits per heavy atom. The normalized spacial score (nSPS) is 10.8. The Morgan fingerprint density at radius 2 is 2.00 bits per heavy atom. The quantitative estimate of drug-likeness (QED) is 0.760. The number of rotatable bonds is 4. The van der Waals surface area contributed by atoms with Crippen LogP contribution in [0.2, 0.25) is 5.02 Å². The molecule has 1 aromatic carbocycles. The molecule has 0 fully saturated rings. The molecule has 0 spiro atoms. The maximum atomic E-state index is 6.44. The van der Waals surface area contributed by atoms with Crippen LogP contribution in [0.3, 0.4) is 0 Å². The molecule has 0 radical (unpaired) electrons. The summed E-state index contributed by atoms with van der Waals surface area (Å²) in [7, 11) is 3.96. The van der Waals surface area contributed by atoms with E-state index in [9.17, 15) is 0 Å². The van der Waals surface area contributed by atoms with Gasteiger partial charge < -0.3 is 10.2 Å². The minimum absolute atomic E-state index is 0.709. The lowest BCUT2D eigenvalue weighted by Crippen LogP contribution is -2.10. The molecule has 21 heavy (non-hydrogen) atoms. The highest BCUT2D eigenvalue weighted by molar-refractivity contribution is 7.19. The first-order valence-electron chi connectivity index (χ1n) is 6.68. The van der Waals surface area contributed by atoms with Gasteiger partial charge in [-0.3, -0.25) is 0 Å². The summed E-state index contributed by atoms with van der Waals surface area (Å²) >= 11 is 8.17. The van der Waals surface area contributed by atoms with Crippen LogP contribution in [-0.2, 0) is 6.54 Å². The van der Waals surface area contributed by atoms with Crippen molar-refractivity contribution < 1.29 is 0 Å². The molecule has 0 aliphatic heterocycles. The zero-order valence-corrected chi connectivity index (χ0v) is 13.5. The van der Waals surface area contributed by atoms with Gasteiger partial charge in [0.1, 0.15) is 5.82 Å². The third-order valence-corrected chi connectivity index (χ3v) is 4.98. The smallest absolute Gasteiger partial charge is 0.128 e. The molecule has 0 saturated carbocycles. The van der Waals surface area contributed by atoms with E-state index < -0.39 is 0 Å². The number of fused-ring (bicyclic) bond motifs is 1. The molecule has 1 N–H and O–H groups in total. The van der Waals surface area contributed by atoms with Crippen LogP contribution in [0, 0.1) is 0 Å². The predicted octanol–water partition coefficient (Wildman–Crippen LogP) is 4.63. The van der Waals surface area contributed by atoms with Crippen LogP contribution in [0.4, 0.5) is 11.5 Å². The van der Waals surface area contributed by atoms with Gasteiger partial charge in [-0.25, -0.2) is 4.98 Å². The topological polar surface area (TPSA) is 28.2 Å². The summed E-state index contributed by atoms with van der Waals surface area (Å²) in [6, 6.07) is 12.2. The van der Waals surface area contributed by atoms with Gasteiger partial charge in [0.2, 0.25) is 0 Å². The molecule has 0 aliphatic rings. The summed E-state index contributed by atoms with van der Waals surface area (Å²) in [6.07, 6.45) is 1.84. The van der Waals surface area contributed by atoms with E-state index in [2.05, 4.69) is 22.4 Å². The lowest BCUT2D eigenvalue weighted by Gasteiger charge is -2.11. The van der Waals surface area contributed by atoms with Crippen molar-refractivity contribution in [2.45, 2.75) is 6.54 Å². The summed E-state index contributed by atoms with van der Waals surface area (Å²) in [5.41, 5.74) is 0.995. The lowest BCUT2D eigenvalue weighted by atomic mass is 10.2. The van der Waals surface area contributed by atoms with Crippen LogP contribution in [0.5, 0.6) is 0 Å². The first-order valence-corrected chi connectivity index (χ1v) is 7.88. The van der Waals surface area contributed by atoms with Gasteiger partial charge in [-0.2, -0.15) is 0 Å². The minimum atomic E-state index is 0.709. The third-order valence-electron chi connectivity index (χ3n) is 3.26. The third kappa shape index (κ3) is 2.96. The number of aromatic nitrogens is 1. The Labute approximate surface area is 133 Å². The lowest BCUT2D eigenvalue weighted by molar-refractivity contribution is 1.06. The Balaban J connectivity index is 1.75. The van der Waals surface area contributed by atoms with E-state index in [0.29, 0.717) is 6.54 Å². The van der Waals surface area contributed by atoms with Gasteiger partial charge in [0, 0.05) is 29.1 Å². The van der Waals surface area contributed by atoms with Crippen molar-refractivity contribution in [1.82, 2.24) is 4.98 Å². The number of nitrogens with zero attached hydrogens (tertiary/aromatic N) is 2. The fourth-order valence-electron chi connectivity index (χ4n) is 2.12. The Hall–Kier alpha value is -1.78. The van der Waals surface area contributed by atoms with Gasteiger partial charge in [-0.15, -0.1) is 11.3 Å². The summed E-state index contributed by atoms with van der Waals surface area (Å²) in [6.45, 7) is 0.709. The van der Waals surface area contributed by atoms with Crippen molar-refractivity contribution in [3.63, 3.8) is 0 Å². The predicted molar refractivity (Wildman–Crippen MR) is 92.7 cm³/mol. The Morgan fingerprint density at radius 3 is 2.67 bits per heavy atom. The van der Waals surface area contributed by atoms with Gasteiger partial charge in [0.05, 0.1) is 23.5 Å². The second kappa shape index (κ2) is 5.92. The van der Waals surface area contributed by atoms with E-state index >= 15 is 0 Å². The van der Waals surface area contributed by atoms with Crippen molar-refractivity contribution in [1.29, 1.82) is 0 Å². The number of anilines is 2. The number of benzene rings is 1. The van der Waals surface area contributed by atoms with E-state index in [1.54, 1.807) is 11.3 Å². The number of pyridine rings is 1. The SMILES string of the molecule is CN(C)c1ccc(NCc2sc3ccccc3c2Cl)cn1. The van der Waals surface area contributed by atoms with Crippen molar-refractivity contribution in [3.8, 4) is 0 Å². The fraction of sp³-hybridized carbons (Fsp3) is 0.188. The van der Waals surface area contributed by atoms with Crippen molar-refractivity contribution >= 4 is 44.5 Å². The molecule has 108 valence electrons. The fourth-order valence-corrected chi connectivity index (χ4v) is 3.56. The largest absolute Gasteiger partial charge is 0.379 e. The van der Waals surface area contributed by atoms with Gasteiger partial charge in [0.15, 0.2) is 0 Å². The van der Waals surface area contributed by atoms with Crippen LogP contribution in [0.15, 0.2) is 42.6 Å². The van der Waals surface area contributed by atoms with Gasteiger partial charge in [-0.05, 0) is 18.2 Å².